The molecule has 0 saturated heterocycles. The molecule has 1 aromatic heterocycles. The molecule has 0 spiro atoms. The first kappa shape index (κ1) is 43.4. The van der Waals surface area contributed by atoms with Crippen LogP contribution in [0.2, 0.25) is 0 Å². The maximum atomic E-state index is 12.9. The Morgan fingerprint density at radius 3 is 1.23 bits per heavy atom. The fraction of sp³-hybridized carbons (Fsp3) is 0.881. The van der Waals surface area contributed by atoms with Crippen LogP contribution in [0, 0.1) is 0 Å². The number of aryl methyl sites for hydroxylation is 1. The number of Topliss-reactive ketones (excluding diaryl/α,β-unsaturated/α-hetero) is 1. The third kappa shape index (κ3) is 25.1. The normalized spacial score (nSPS) is 12.1. The van der Waals surface area contributed by atoms with Gasteiger partial charge in [0.1, 0.15) is 0 Å². The van der Waals surface area contributed by atoms with Gasteiger partial charge in [0.25, 0.3) is 0 Å². The summed E-state index contributed by atoms with van der Waals surface area (Å²) in [6.07, 6.45) is 42.8. The SMILES string of the molecule is CCCCCCCCCCCCCCCCCC(=O)NC(C)c1cn(C)c(C(=O)CCCCCCCCCCCCCCCCC)n1. The van der Waals surface area contributed by atoms with Crippen LogP contribution in [-0.4, -0.2) is 21.2 Å². The lowest BCUT2D eigenvalue weighted by molar-refractivity contribution is -0.121. The van der Waals surface area contributed by atoms with Gasteiger partial charge in [-0.05, 0) is 19.8 Å². The zero-order chi connectivity index (χ0) is 34.2. The van der Waals surface area contributed by atoms with E-state index in [1.54, 1.807) is 0 Å². The summed E-state index contributed by atoms with van der Waals surface area (Å²) >= 11 is 0. The minimum Gasteiger partial charge on any atom is -0.348 e. The van der Waals surface area contributed by atoms with Crippen molar-refractivity contribution < 1.29 is 9.59 Å². The van der Waals surface area contributed by atoms with Gasteiger partial charge >= 0.3 is 0 Å². The molecule has 1 amide bonds. The Hall–Kier alpha value is -1.65. The van der Waals surface area contributed by atoms with E-state index in [4.69, 9.17) is 0 Å². The minimum atomic E-state index is -0.183. The Morgan fingerprint density at radius 2 is 0.872 bits per heavy atom. The van der Waals surface area contributed by atoms with Crippen LogP contribution in [0.5, 0.6) is 0 Å². The Morgan fingerprint density at radius 1 is 0.553 bits per heavy atom. The van der Waals surface area contributed by atoms with Crippen molar-refractivity contribution in [2.75, 3.05) is 0 Å². The zero-order valence-electron chi connectivity index (χ0n) is 32.0. The molecule has 0 aliphatic carbocycles. The largest absolute Gasteiger partial charge is 0.348 e. The number of amides is 1. The van der Waals surface area contributed by atoms with Gasteiger partial charge in [-0.2, -0.15) is 0 Å². The highest BCUT2D eigenvalue weighted by Crippen LogP contribution is 2.18. The molecule has 0 saturated carbocycles. The second-order valence-electron chi connectivity index (χ2n) is 14.7. The Bertz CT molecular complexity index is 864. The van der Waals surface area contributed by atoms with Gasteiger partial charge in [0.05, 0.1) is 11.7 Å². The number of ketones is 1. The van der Waals surface area contributed by atoms with Gasteiger partial charge in [0.15, 0.2) is 11.6 Å². The highest BCUT2D eigenvalue weighted by Gasteiger charge is 2.18. The molecule has 0 aliphatic heterocycles. The molecule has 0 bridgehead atoms. The smallest absolute Gasteiger partial charge is 0.220 e. The molecule has 1 unspecified atom stereocenters. The van der Waals surface area contributed by atoms with Crippen LogP contribution < -0.4 is 5.32 Å². The maximum absolute atomic E-state index is 12.9. The first-order valence-electron chi connectivity index (χ1n) is 20.8. The number of nitrogens with zero attached hydrogens (tertiary/aromatic N) is 2. The summed E-state index contributed by atoms with van der Waals surface area (Å²) in [4.78, 5) is 30.0. The third-order valence-electron chi connectivity index (χ3n) is 9.98. The van der Waals surface area contributed by atoms with Crippen molar-refractivity contribution in [1.29, 1.82) is 0 Å². The van der Waals surface area contributed by atoms with Crippen LogP contribution in [0.1, 0.15) is 249 Å². The number of rotatable bonds is 35. The average molecular weight is 658 g/mol. The summed E-state index contributed by atoms with van der Waals surface area (Å²) in [5, 5.41) is 3.10. The van der Waals surface area contributed by atoms with Crippen LogP contribution >= 0.6 is 0 Å². The topological polar surface area (TPSA) is 64.0 Å². The minimum absolute atomic E-state index is 0.0866. The number of imidazole rings is 1. The molecule has 274 valence electrons. The Kier molecular flexibility index (Phi) is 29.2. The van der Waals surface area contributed by atoms with Crippen LogP contribution in [-0.2, 0) is 11.8 Å². The van der Waals surface area contributed by atoms with Crippen molar-refractivity contribution in [2.24, 2.45) is 7.05 Å². The number of carbonyl (C=O) groups excluding carboxylic acids is 2. The van der Waals surface area contributed by atoms with Crippen molar-refractivity contribution in [3.05, 3.63) is 17.7 Å². The lowest BCUT2D eigenvalue weighted by Crippen LogP contribution is -2.26. The monoisotopic (exact) mass is 658 g/mol. The van der Waals surface area contributed by atoms with Crippen LogP contribution in [0.15, 0.2) is 6.20 Å². The second kappa shape index (κ2) is 31.6. The number of unbranched alkanes of at least 4 members (excludes halogenated alkanes) is 28. The van der Waals surface area contributed by atoms with Gasteiger partial charge in [-0.15, -0.1) is 0 Å². The van der Waals surface area contributed by atoms with Crippen LogP contribution in [0.4, 0.5) is 0 Å². The molecule has 5 heteroatoms. The highest BCUT2D eigenvalue weighted by atomic mass is 16.1. The molecule has 1 heterocycles. The summed E-state index contributed by atoms with van der Waals surface area (Å²) < 4.78 is 1.83. The van der Waals surface area contributed by atoms with E-state index in [1.165, 1.54) is 167 Å². The molecule has 1 rings (SSSR count). The quantitative estimate of drug-likeness (QED) is 0.0583. The molecular formula is C42H79N3O2. The number of hydrogen-bond donors (Lipinski definition) is 1. The molecule has 47 heavy (non-hydrogen) atoms. The van der Waals surface area contributed by atoms with Crippen molar-refractivity contribution in [3.63, 3.8) is 0 Å². The predicted molar refractivity (Wildman–Crippen MR) is 203 cm³/mol. The van der Waals surface area contributed by atoms with E-state index >= 15 is 0 Å². The van der Waals surface area contributed by atoms with Gasteiger partial charge in [-0.25, -0.2) is 4.98 Å². The number of nitrogens with one attached hydrogen (secondary N) is 1. The second-order valence-corrected chi connectivity index (χ2v) is 14.7. The molecule has 0 aromatic carbocycles. The van der Waals surface area contributed by atoms with Gasteiger partial charge in [0, 0.05) is 26.1 Å². The van der Waals surface area contributed by atoms with E-state index in [9.17, 15) is 9.59 Å². The first-order valence-corrected chi connectivity index (χ1v) is 20.8. The maximum Gasteiger partial charge on any atom is 0.220 e. The molecule has 1 atom stereocenters. The van der Waals surface area contributed by atoms with Crippen LogP contribution in [0.3, 0.4) is 0 Å². The van der Waals surface area contributed by atoms with E-state index < -0.39 is 0 Å². The summed E-state index contributed by atoms with van der Waals surface area (Å²) in [7, 11) is 1.89. The fourth-order valence-electron chi connectivity index (χ4n) is 6.77. The number of carbonyl (C=O) groups is 2. The van der Waals surface area contributed by atoms with Crippen molar-refractivity contribution in [2.45, 2.75) is 232 Å². The van der Waals surface area contributed by atoms with E-state index in [0.29, 0.717) is 18.7 Å². The number of hydrogen-bond acceptors (Lipinski definition) is 3. The Balaban J connectivity index is 2.03. The van der Waals surface area contributed by atoms with Crippen molar-refractivity contribution in [1.82, 2.24) is 14.9 Å². The van der Waals surface area contributed by atoms with Gasteiger partial charge in [-0.1, -0.05) is 194 Å². The van der Waals surface area contributed by atoms with Gasteiger partial charge < -0.3 is 9.88 Å². The number of aromatic nitrogens is 2. The molecule has 5 nitrogen and oxygen atoms in total. The zero-order valence-corrected chi connectivity index (χ0v) is 32.0. The van der Waals surface area contributed by atoms with Gasteiger partial charge in [-0.3, -0.25) is 9.59 Å². The lowest BCUT2D eigenvalue weighted by atomic mass is 10.0. The highest BCUT2D eigenvalue weighted by molar-refractivity contribution is 5.92. The molecule has 0 fully saturated rings. The predicted octanol–water partition coefficient (Wildman–Crippen LogP) is 13.3. The van der Waals surface area contributed by atoms with E-state index in [-0.39, 0.29) is 17.7 Å². The molecule has 0 radical (unpaired) electrons. The van der Waals surface area contributed by atoms with E-state index in [1.807, 2.05) is 24.7 Å². The van der Waals surface area contributed by atoms with E-state index in [0.717, 1.165) is 31.4 Å². The fourth-order valence-corrected chi connectivity index (χ4v) is 6.77. The summed E-state index contributed by atoms with van der Waals surface area (Å²) in [6.45, 7) is 6.53. The summed E-state index contributed by atoms with van der Waals surface area (Å²) in [6, 6.07) is -0.183. The average Bonchev–Trinajstić information content (AvgIpc) is 3.46. The summed E-state index contributed by atoms with van der Waals surface area (Å²) in [5.74, 6) is 0.724. The molecular weight excluding hydrogens is 578 g/mol. The standard InChI is InChI=1S/C42H79N3O2/c1-5-7-9-11-13-15-17-19-21-23-25-27-29-31-33-35-40(46)42-44-39(37-45(42)4)38(3)43-41(47)36-34-32-30-28-26-24-22-20-18-16-14-12-10-8-6-2/h37-38H,5-36H2,1-4H3,(H,43,47). The van der Waals surface area contributed by atoms with Crippen LogP contribution in [0.25, 0.3) is 0 Å². The molecule has 0 aliphatic rings. The third-order valence-corrected chi connectivity index (χ3v) is 9.98. The Labute approximate surface area is 292 Å². The summed E-state index contributed by atoms with van der Waals surface area (Å²) in [5.41, 5.74) is 0.775. The molecule has 1 N–H and O–H groups in total. The first-order chi connectivity index (χ1) is 23.0. The van der Waals surface area contributed by atoms with Gasteiger partial charge in [0.2, 0.25) is 5.91 Å². The van der Waals surface area contributed by atoms with Crippen molar-refractivity contribution >= 4 is 11.7 Å². The lowest BCUT2D eigenvalue weighted by Gasteiger charge is -2.11. The van der Waals surface area contributed by atoms with E-state index in [2.05, 4.69) is 24.1 Å². The van der Waals surface area contributed by atoms with Crippen molar-refractivity contribution in [3.8, 4) is 0 Å². The molecule has 1 aromatic rings.